The maximum absolute atomic E-state index is 8.53. The molecule has 0 aliphatic rings. The Morgan fingerprint density at radius 1 is 1.00 bits per heavy atom. The van der Waals surface area contributed by atoms with Crippen LogP contribution in [-0.4, -0.2) is 25.1 Å². The van der Waals surface area contributed by atoms with Crippen molar-refractivity contribution in [2.45, 2.75) is 51.9 Å². The van der Waals surface area contributed by atoms with Gasteiger partial charge in [-0.3, -0.25) is 0 Å². The van der Waals surface area contributed by atoms with Crippen LogP contribution in [0.4, 0.5) is 0 Å². The van der Waals surface area contributed by atoms with Crippen molar-refractivity contribution in [1.29, 1.82) is 0 Å². The Labute approximate surface area is 135 Å². The van der Waals surface area contributed by atoms with E-state index in [0.717, 1.165) is 19.3 Å². The number of nitrogens with zero attached hydrogens (tertiary/aromatic N) is 1. The number of halogens is 1. The molecule has 0 saturated heterocycles. The molecule has 0 fully saturated rings. The van der Waals surface area contributed by atoms with E-state index in [2.05, 4.69) is 6.92 Å². The monoisotopic (exact) mass is 290 g/mol. The van der Waals surface area contributed by atoms with E-state index < -0.39 is 36.7 Å². The summed E-state index contributed by atoms with van der Waals surface area (Å²) in [5.74, 6) is 0. The highest BCUT2D eigenvalue weighted by atomic mass is 35.5. The lowest BCUT2D eigenvalue weighted by Gasteiger charge is -2.30. The molecule has 1 aromatic carbocycles. The van der Waals surface area contributed by atoms with Crippen LogP contribution in [0.25, 0.3) is 0 Å². The Hall–Kier alpha value is -0.530. The Balaban J connectivity index is 0.00000625. The normalized spacial score (nSPS) is 17.1. The number of rotatable bonds is 9. The van der Waals surface area contributed by atoms with Gasteiger partial charge in [0.15, 0.2) is 0 Å². The van der Waals surface area contributed by atoms with E-state index in [1.54, 1.807) is 14.1 Å². The Kier molecular flexibility index (Phi) is 5.09. The van der Waals surface area contributed by atoms with E-state index in [-0.39, 0.29) is 22.5 Å². The van der Waals surface area contributed by atoms with Gasteiger partial charge in [-0.1, -0.05) is 62.8 Å². The topological polar surface area (TPSA) is 0 Å². The molecule has 19 heavy (non-hydrogen) atoms. The SMILES string of the molecule is [2H]c1c([2H])c([2H])c(C([2H])([2H])[N+](C)(C)CCCCCCCC)c([2H])c1[2H].[Cl-]. The molecule has 0 amide bonds. The van der Waals surface area contributed by atoms with Crippen molar-refractivity contribution < 1.29 is 26.5 Å². The van der Waals surface area contributed by atoms with Gasteiger partial charge in [-0.25, -0.2) is 0 Å². The predicted molar refractivity (Wildman–Crippen MR) is 80.5 cm³/mol. The number of quaternary nitrogens is 1. The summed E-state index contributed by atoms with van der Waals surface area (Å²) in [5, 5.41) is 0. The van der Waals surface area contributed by atoms with Gasteiger partial charge in [0.1, 0.15) is 6.50 Å². The smallest absolute Gasteiger partial charge is 0.104 e. The van der Waals surface area contributed by atoms with Crippen molar-refractivity contribution in [1.82, 2.24) is 0 Å². The molecular formula is C17H30ClN. The zero-order chi connectivity index (χ0) is 19.4. The van der Waals surface area contributed by atoms with Gasteiger partial charge in [-0.15, -0.1) is 0 Å². The minimum atomic E-state index is -2.07. The molecular weight excluding hydrogens is 254 g/mol. The van der Waals surface area contributed by atoms with Crippen molar-refractivity contribution in [2.75, 3.05) is 20.6 Å². The summed E-state index contributed by atoms with van der Waals surface area (Å²) in [6, 6.07) is -2.37. The largest absolute Gasteiger partial charge is 1.00 e. The van der Waals surface area contributed by atoms with Gasteiger partial charge in [0.2, 0.25) is 0 Å². The lowest BCUT2D eigenvalue weighted by atomic mass is 10.1. The standard InChI is InChI=1S/C17H30N.ClH/c1-4-5-6-7-8-12-15-18(2,3)16-17-13-10-9-11-14-17;/h9-11,13-14H,4-8,12,15-16H2,1-3H3;1H/q+1;/p-1/i9D,10D,11D,13D,14D,16D2;. The number of unbranched alkanes of at least 4 members (excludes halogenated alkanes) is 5. The summed E-state index contributed by atoms with van der Waals surface area (Å²) in [5.41, 5.74) is -0.255. The lowest BCUT2D eigenvalue weighted by Crippen LogP contribution is -3.00. The van der Waals surface area contributed by atoms with Crippen LogP contribution in [0.15, 0.2) is 30.2 Å². The second kappa shape index (κ2) is 10.3. The average Bonchev–Trinajstić information content (AvgIpc) is 2.54. The fraction of sp³-hybridized carbons (Fsp3) is 0.647. The molecule has 0 unspecified atom stereocenters. The summed E-state index contributed by atoms with van der Waals surface area (Å²) in [6.45, 7) is 0.632. The number of benzene rings is 1. The summed E-state index contributed by atoms with van der Waals surface area (Å²) < 4.78 is 56.3. The van der Waals surface area contributed by atoms with Gasteiger partial charge in [0.25, 0.3) is 0 Å². The van der Waals surface area contributed by atoms with Crippen molar-refractivity contribution in [3.63, 3.8) is 0 Å². The van der Waals surface area contributed by atoms with Crippen LogP contribution in [0.1, 0.15) is 60.6 Å². The molecule has 0 aromatic heterocycles. The fourth-order valence-electron chi connectivity index (χ4n) is 1.95. The minimum absolute atomic E-state index is 0. The quantitative estimate of drug-likeness (QED) is 0.479. The first-order valence-corrected chi connectivity index (χ1v) is 6.89. The summed E-state index contributed by atoms with van der Waals surface area (Å²) in [4.78, 5) is 0. The summed E-state index contributed by atoms with van der Waals surface area (Å²) >= 11 is 0. The molecule has 0 aliphatic heterocycles. The fourth-order valence-corrected chi connectivity index (χ4v) is 1.95. The first kappa shape index (κ1) is 9.41. The molecule has 0 heterocycles. The van der Waals surface area contributed by atoms with E-state index in [0.29, 0.717) is 6.54 Å². The Bertz CT molecular complexity index is 576. The highest BCUT2D eigenvalue weighted by Gasteiger charge is 2.14. The highest BCUT2D eigenvalue weighted by Crippen LogP contribution is 2.12. The minimum Gasteiger partial charge on any atom is -1.00 e. The van der Waals surface area contributed by atoms with Crippen LogP contribution >= 0.6 is 0 Å². The molecule has 0 spiro atoms. The van der Waals surface area contributed by atoms with Gasteiger partial charge in [-0.2, -0.15) is 0 Å². The second-order valence-corrected chi connectivity index (χ2v) is 5.29. The van der Waals surface area contributed by atoms with Crippen LogP contribution in [0.3, 0.4) is 0 Å². The van der Waals surface area contributed by atoms with Crippen LogP contribution in [0.2, 0.25) is 0 Å². The zero-order valence-electron chi connectivity index (χ0n) is 19.3. The van der Waals surface area contributed by atoms with Crippen LogP contribution in [-0.2, 0) is 6.50 Å². The van der Waals surface area contributed by atoms with Gasteiger partial charge >= 0.3 is 0 Å². The maximum Gasteiger partial charge on any atom is 0.104 e. The maximum atomic E-state index is 8.53. The lowest BCUT2D eigenvalue weighted by molar-refractivity contribution is -0.903. The van der Waals surface area contributed by atoms with Gasteiger partial charge < -0.3 is 16.9 Å². The molecule has 110 valence electrons. The molecule has 0 bridgehead atoms. The van der Waals surface area contributed by atoms with E-state index in [1.807, 2.05) is 0 Å². The molecule has 0 atom stereocenters. The molecule has 1 aromatic rings. The van der Waals surface area contributed by atoms with Crippen molar-refractivity contribution in [2.24, 2.45) is 0 Å². The number of hydrogen-bond donors (Lipinski definition) is 0. The van der Waals surface area contributed by atoms with E-state index in [9.17, 15) is 0 Å². The van der Waals surface area contributed by atoms with E-state index >= 15 is 0 Å². The Morgan fingerprint density at radius 2 is 1.58 bits per heavy atom. The summed E-state index contributed by atoms with van der Waals surface area (Å²) in [7, 11) is 3.43. The van der Waals surface area contributed by atoms with Crippen molar-refractivity contribution in [3.8, 4) is 0 Å². The number of hydrogen-bond acceptors (Lipinski definition) is 0. The molecule has 0 aliphatic carbocycles. The first-order chi connectivity index (χ1) is 11.5. The Morgan fingerprint density at radius 3 is 2.21 bits per heavy atom. The average molecular weight is 291 g/mol. The van der Waals surface area contributed by atoms with Gasteiger partial charge in [0.05, 0.1) is 30.2 Å². The molecule has 1 rings (SSSR count). The van der Waals surface area contributed by atoms with Crippen LogP contribution in [0, 0.1) is 0 Å². The molecule has 0 radical (unpaired) electrons. The third kappa shape index (κ3) is 9.07. The first-order valence-electron chi connectivity index (χ1n) is 10.4. The second-order valence-electron chi connectivity index (χ2n) is 5.29. The van der Waals surface area contributed by atoms with Crippen LogP contribution < -0.4 is 12.4 Å². The van der Waals surface area contributed by atoms with Crippen LogP contribution in [0.5, 0.6) is 0 Å². The molecule has 0 N–H and O–H groups in total. The van der Waals surface area contributed by atoms with E-state index in [1.165, 1.54) is 19.3 Å². The third-order valence-electron chi connectivity index (χ3n) is 2.99. The molecule has 0 saturated carbocycles. The summed E-state index contributed by atoms with van der Waals surface area (Å²) in [6.07, 6.45) is 6.54. The molecule has 2 heteroatoms. The highest BCUT2D eigenvalue weighted by molar-refractivity contribution is 5.13. The van der Waals surface area contributed by atoms with Gasteiger partial charge in [0, 0.05) is 5.56 Å². The molecule has 1 nitrogen and oxygen atoms in total. The third-order valence-corrected chi connectivity index (χ3v) is 2.99. The zero-order valence-corrected chi connectivity index (χ0v) is 13.0. The van der Waals surface area contributed by atoms with Gasteiger partial charge in [-0.05, 0) is 12.8 Å². The van der Waals surface area contributed by atoms with Crippen molar-refractivity contribution >= 4 is 0 Å². The van der Waals surface area contributed by atoms with Crippen molar-refractivity contribution in [3.05, 3.63) is 35.8 Å². The predicted octanol–water partition coefficient (Wildman–Crippen LogP) is 1.63. The van der Waals surface area contributed by atoms with E-state index in [4.69, 9.17) is 9.60 Å².